The van der Waals surface area contributed by atoms with E-state index >= 15 is 0 Å². The van der Waals surface area contributed by atoms with Crippen LogP contribution in [0, 0.1) is 24.0 Å². The van der Waals surface area contributed by atoms with Crippen LogP contribution in [0.3, 0.4) is 0 Å². The van der Waals surface area contributed by atoms with Crippen LogP contribution in [-0.4, -0.2) is 28.0 Å². The minimum atomic E-state index is -0.567. The molecule has 1 N–H and O–H groups in total. The summed E-state index contributed by atoms with van der Waals surface area (Å²) in [4.78, 5) is 35.8. The second-order valence-corrected chi connectivity index (χ2v) is 5.78. The molecule has 0 fully saturated rings. The number of rotatable bonds is 7. The number of ether oxygens (including phenoxy) is 1. The lowest BCUT2D eigenvalue weighted by molar-refractivity contribution is -0.383. The van der Waals surface area contributed by atoms with Crippen LogP contribution in [0.15, 0.2) is 36.9 Å². The van der Waals surface area contributed by atoms with E-state index in [1.165, 1.54) is 18.2 Å². The number of nitrogens with zero attached hydrogens (tertiary/aromatic N) is 2. The van der Waals surface area contributed by atoms with Crippen LogP contribution >= 0.6 is 0 Å². The van der Waals surface area contributed by atoms with Gasteiger partial charge in [0.2, 0.25) is 0 Å². The molecule has 1 aromatic carbocycles. The van der Waals surface area contributed by atoms with Gasteiger partial charge in [-0.3, -0.25) is 14.9 Å². The third-order valence-electron chi connectivity index (χ3n) is 4.12. The van der Waals surface area contributed by atoms with Crippen LogP contribution in [0.2, 0.25) is 0 Å². The molecule has 1 aromatic heterocycles. The van der Waals surface area contributed by atoms with Gasteiger partial charge in [0.15, 0.2) is 0 Å². The SMILES string of the molecule is C=CCn1c(C)c(C(=O)Nc2ccccc2[N+](=O)[O-])c(C)c1C(=O)OCC. The number of carbonyl (C=O) groups excluding carboxylic acids is 2. The van der Waals surface area contributed by atoms with Gasteiger partial charge < -0.3 is 14.6 Å². The average molecular weight is 371 g/mol. The second kappa shape index (κ2) is 8.31. The molecule has 0 atom stereocenters. The quantitative estimate of drug-likeness (QED) is 0.346. The van der Waals surface area contributed by atoms with Gasteiger partial charge in [0.05, 0.1) is 17.1 Å². The number of nitro benzene ring substituents is 1. The van der Waals surface area contributed by atoms with Crippen molar-refractivity contribution in [3.05, 3.63) is 69.5 Å². The van der Waals surface area contributed by atoms with Gasteiger partial charge in [0.1, 0.15) is 11.4 Å². The number of nitrogens with one attached hydrogen (secondary N) is 1. The maximum Gasteiger partial charge on any atom is 0.355 e. The summed E-state index contributed by atoms with van der Waals surface area (Å²) in [6.45, 7) is 9.24. The number of nitro groups is 1. The minimum Gasteiger partial charge on any atom is -0.461 e. The Balaban J connectivity index is 2.51. The molecule has 0 spiro atoms. The highest BCUT2D eigenvalue weighted by Gasteiger charge is 2.27. The molecule has 0 saturated heterocycles. The zero-order valence-corrected chi connectivity index (χ0v) is 15.4. The molecule has 0 bridgehead atoms. The Morgan fingerprint density at radius 2 is 2.00 bits per heavy atom. The fourth-order valence-corrected chi connectivity index (χ4v) is 2.97. The van der Waals surface area contributed by atoms with E-state index in [1.54, 1.807) is 37.5 Å². The summed E-state index contributed by atoms with van der Waals surface area (Å²) in [6, 6.07) is 5.87. The monoisotopic (exact) mass is 371 g/mol. The predicted molar refractivity (Wildman–Crippen MR) is 101 cm³/mol. The van der Waals surface area contributed by atoms with Gasteiger partial charge in [-0.05, 0) is 32.4 Å². The number of hydrogen-bond acceptors (Lipinski definition) is 5. The fourth-order valence-electron chi connectivity index (χ4n) is 2.97. The lowest BCUT2D eigenvalue weighted by Gasteiger charge is -2.09. The van der Waals surface area contributed by atoms with Crippen molar-refractivity contribution in [1.29, 1.82) is 0 Å². The number of allylic oxidation sites excluding steroid dienone is 1. The Kier molecular flexibility index (Phi) is 6.12. The van der Waals surface area contributed by atoms with Crippen LogP contribution in [0.25, 0.3) is 0 Å². The Labute approximate surface area is 156 Å². The summed E-state index contributed by atoms with van der Waals surface area (Å²) in [6.07, 6.45) is 1.61. The van der Waals surface area contributed by atoms with Crippen LogP contribution in [-0.2, 0) is 11.3 Å². The number of hydrogen-bond donors (Lipinski definition) is 1. The molecule has 0 aliphatic carbocycles. The van der Waals surface area contributed by atoms with Gasteiger partial charge >= 0.3 is 5.97 Å². The van der Waals surface area contributed by atoms with E-state index in [9.17, 15) is 19.7 Å². The molecule has 142 valence electrons. The Hall–Kier alpha value is -3.42. The largest absolute Gasteiger partial charge is 0.461 e. The molecule has 0 aliphatic rings. The average Bonchev–Trinajstić information content (AvgIpc) is 2.86. The van der Waals surface area contributed by atoms with Crippen molar-refractivity contribution in [2.75, 3.05) is 11.9 Å². The third-order valence-corrected chi connectivity index (χ3v) is 4.12. The van der Waals surface area contributed by atoms with Crippen molar-refractivity contribution in [1.82, 2.24) is 4.57 Å². The molecule has 0 radical (unpaired) electrons. The molecule has 2 aromatic rings. The minimum absolute atomic E-state index is 0.0838. The summed E-state index contributed by atoms with van der Waals surface area (Å²) in [5, 5.41) is 13.7. The first kappa shape index (κ1) is 19.9. The van der Waals surface area contributed by atoms with E-state index < -0.39 is 16.8 Å². The maximum atomic E-state index is 12.9. The molecule has 8 nitrogen and oxygen atoms in total. The number of para-hydroxylation sites is 2. The van der Waals surface area contributed by atoms with Crippen molar-refractivity contribution in [3.8, 4) is 0 Å². The van der Waals surface area contributed by atoms with Gasteiger partial charge in [0.25, 0.3) is 11.6 Å². The van der Waals surface area contributed by atoms with Gasteiger partial charge in [0, 0.05) is 18.3 Å². The first-order valence-corrected chi connectivity index (χ1v) is 8.35. The predicted octanol–water partition coefficient (Wildman–Crippen LogP) is 3.63. The van der Waals surface area contributed by atoms with Crippen LogP contribution < -0.4 is 5.32 Å². The first-order chi connectivity index (χ1) is 12.8. The molecule has 27 heavy (non-hydrogen) atoms. The van der Waals surface area contributed by atoms with Crippen molar-refractivity contribution >= 4 is 23.3 Å². The van der Waals surface area contributed by atoms with E-state index in [4.69, 9.17) is 4.74 Å². The Morgan fingerprint density at radius 1 is 1.33 bits per heavy atom. The van der Waals surface area contributed by atoms with Crippen LogP contribution in [0.5, 0.6) is 0 Å². The van der Waals surface area contributed by atoms with Gasteiger partial charge in [-0.25, -0.2) is 4.79 Å². The van der Waals surface area contributed by atoms with Crippen molar-refractivity contribution < 1.29 is 19.2 Å². The standard InChI is InChI=1S/C19H21N3O5/c1-5-11-21-13(4)16(12(3)17(21)19(24)27-6-2)18(23)20-14-9-7-8-10-15(14)22(25)26/h5,7-10H,1,6,11H2,2-4H3,(H,20,23). The molecular weight excluding hydrogens is 350 g/mol. The molecular formula is C19H21N3O5. The molecule has 1 heterocycles. The molecule has 1 amide bonds. The van der Waals surface area contributed by atoms with Crippen molar-refractivity contribution in [2.45, 2.75) is 27.3 Å². The lowest BCUT2D eigenvalue weighted by atomic mass is 10.1. The summed E-state index contributed by atoms with van der Waals surface area (Å²) in [5.74, 6) is -1.07. The van der Waals surface area contributed by atoms with Gasteiger partial charge in [-0.2, -0.15) is 0 Å². The zero-order valence-electron chi connectivity index (χ0n) is 15.4. The summed E-state index contributed by atoms with van der Waals surface area (Å²) in [7, 11) is 0. The Morgan fingerprint density at radius 3 is 2.59 bits per heavy atom. The zero-order chi connectivity index (χ0) is 20.1. The number of esters is 1. The molecule has 0 unspecified atom stereocenters. The van der Waals surface area contributed by atoms with Gasteiger partial charge in [-0.1, -0.05) is 18.2 Å². The lowest BCUT2D eigenvalue weighted by Crippen LogP contribution is -2.15. The number of amides is 1. The maximum absolute atomic E-state index is 12.9. The number of anilines is 1. The summed E-state index contributed by atoms with van der Waals surface area (Å²) < 4.78 is 6.75. The third kappa shape index (κ3) is 3.89. The molecule has 0 saturated carbocycles. The second-order valence-electron chi connectivity index (χ2n) is 5.78. The van der Waals surface area contributed by atoms with E-state index in [-0.39, 0.29) is 29.2 Å². The van der Waals surface area contributed by atoms with E-state index in [0.29, 0.717) is 17.8 Å². The summed E-state index contributed by atoms with van der Waals surface area (Å²) in [5.41, 5.74) is 1.41. The highest BCUT2D eigenvalue weighted by Crippen LogP contribution is 2.27. The summed E-state index contributed by atoms with van der Waals surface area (Å²) >= 11 is 0. The number of carbonyl (C=O) groups is 2. The number of benzene rings is 1. The first-order valence-electron chi connectivity index (χ1n) is 8.35. The molecule has 8 heteroatoms. The van der Waals surface area contributed by atoms with Gasteiger partial charge in [-0.15, -0.1) is 6.58 Å². The van der Waals surface area contributed by atoms with Crippen molar-refractivity contribution in [3.63, 3.8) is 0 Å². The smallest absolute Gasteiger partial charge is 0.355 e. The molecule has 0 aliphatic heterocycles. The Bertz CT molecular complexity index is 914. The van der Waals surface area contributed by atoms with E-state index in [2.05, 4.69) is 11.9 Å². The highest BCUT2D eigenvalue weighted by atomic mass is 16.6. The number of aromatic nitrogens is 1. The normalized spacial score (nSPS) is 10.3. The topological polar surface area (TPSA) is 103 Å². The van der Waals surface area contributed by atoms with E-state index in [1.807, 2.05) is 0 Å². The van der Waals surface area contributed by atoms with Crippen LogP contribution in [0.1, 0.15) is 39.0 Å². The van der Waals surface area contributed by atoms with Crippen LogP contribution in [0.4, 0.5) is 11.4 Å². The molecule has 2 rings (SSSR count). The highest BCUT2D eigenvalue weighted by molar-refractivity contribution is 6.09. The van der Waals surface area contributed by atoms with Crippen molar-refractivity contribution in [2.24, 2.45) is 0 Å². The van der Waals surface area contributed by atoms with E-state index in [0.717, 1.165) is 0 Å². The fraction of sp³-hybridized carbons (Fsp3) is 0.263.